The number of carbonyl (C=O) groups excluding carboxylic acids is 3. The first-order valence-corrected chi connectivity index (χ1v) is 10.7. The van der Waals surface area contributed by atoms with Crippen molar-refractivity contribution in [3.8, 4) is 0 Å². The third-order valence-electron chi connectivity index (χ3n) is 3.85. The van der Waals surface area contributed by atoms with Crippen LogP contribution in [0, 0.1) is 13.8 Å². The number of aryl methyl sites for hydroxylation is 1. The van der Waals surface area contributed by atoms with Crippen molar-refractivity contribution >= 4 is 55.8 Å². The number of nitrogens with two attached hydrogens (primary N) is 1. The van der Waals surface area contributed by atoms with Crippen LogP contribution in [0.3, 0.4) is 0 Å². The van der Waals surface area contributed by atoms with E-state index in [0.29, 0.717) is 5.56 Å². The SMILES string of the molecule is COC(=O)c1c(NC(=O)COC(=O)c2cc(S(N)(=O)=O)ccc2Cl)sc(C)c1C. The Morgan fingerprint density at radius 3 is 2.45 bits per heavy atom. The molecule has 0 aliphatic carbocycles. The van der Waals surface area contributed by atoms with Crippen LogP contribution in [0.5, 0.6) is 0 Å². The molecule has 2 aromatic rings. The first kappa shape index (κ1) is 22.8. The van der Waals surface area contributed by atoms with Crippen LogP contribution in [0.2, 0.25) is 5.02 Å². The molecule has 0 saturated heterocycles. The number of amides is 1. The van der Waals surface area contributed by atoms with Crippen molar-refractivity contribution in [2.24, 2.45) is 5.14 Å². The van der Waals surface area contributed by atoms with E-state index in [1.807, 2.05) is 0 Å². The molecule has 0 atom stereocenters. The standard InChI is InChI=1S/C17H17ClN2O7S2/c1-8-9(2)28-15(14(8)17(23)26-3)20-13(21)7-27-16(22)11-6-10(29(19,24)25)4-5-12(11)18/h4-6H,7H2,1-3H3,(H,20,21)(H2,19,24,25). The van der Waals surface area contributed by atoms with Crippen LogP contribution >= 0.6 is 22.9 Å². The maximum atomic E-state index is 12.2. The van der Waals surface area contributed by atoms with Gasteiger partial charge in [-0.05, 0) is 37.6 Å². The summed E-state index contributed by atoms with van der Waals surface area (Å²) < 4.78 is 32.4. The number of methoxy groups -OCH3 is 1. The van der Waals surface area contributed by atoms with Crippen molar-refractivity contribution in [2.45, 2.75) is 18.7 Å². The topological polar surface area (TPSA) is 142 Å². The van der Waals surface area contributed by atoms with Gasteiger partial charge in [-0.2, -0.15) is 0 Å². The second kappa shape index (κ2) is 8.91. The van der Waals surface area contributed by atoms with Crippen molar-refractivity contribution in [1.82, 2.24) is 0 Å². The minimum Gasteiger partial charge on any atom is -0.465 e. The average molecular weight is 461 g/mol. The van der Waals surface area contributed by atoms with E-state index < -0.39 is 34.5 Å². The number of hydrogen-bond donors (Lipinski definition) is 2. The molecular weight excluding hydrogens is 444 g/mol. The smallest absolute Gasteiger partial charge is 0.341 e. The minimum atomic E-state index is -4.05. The quantitative estimate of drug-likeness (QED) is 0.629. The van der Waals surface area contributed by atoms with Crippen molar-refractivity contribution in [1.29, 1.82) is 0 Å². The number of anilines is 1. The van der Waals surface area contributed by atoms with Crippen LogP contribution in [0.4, 0.5) is 5.00 Å². The monoisotopic (exact) mass is 460 g/mol. The normalized spacial score (nSPS) is 11.1. The number of benzene rings is 1. The van der Waals surface area contributed by atoms with Gasteiger partial charge in [0.05, 0.1) is 28.2 Å². The number of rotatable bonds is 6. The lowest BCUT2D eigenvalue weighted by molar-refractivity contribution is -0.119. The maximum Gasteiger partial charge on any atom is 0.341 e. The van der Waals surface area contributed by atoms with Gasteiger partial charge in [-0.3, -0.25) is 4.79 Å². The summed E-state index contributed by atoms with van der Waals surface area (Å²) in [4.78, 5) is 36.8. The van der Waals surface area contributed by atoms with E-state index in [1.165, 1.54) is 24.5 Å². The van der Waals surface area contributed by atoms with Crippen LogP contribution in [0.15, 0.2) is 23.1 Å². The van der Waals surface area contributed by atoms with E-state index in [4.69, 9.17) is 26.2 Å². The van der Waals surface area contributed by atoms with E-state index in [0.717, 1.165) is 17.0 Å². The summed E-state index contributed by atoms with van der Waals surface area (Å²) in [5, 5.41) is 7.72. The van der Waals surface area contributed by atoms with Crippen LogP contribution < -0.4 is 10.5 Å². The number of primary sulfonamides is 1. The predicted octanol–water partition coefficient (Wildman–Crippen LogP) is 2.25. The number of carbonyl (C=O) groups is 3. The van der Waals surface area contributed by atoms with Gasteiger partial charge in [-0.1, -0.05) is 11.6 Å². The minimum absolute atomic E-state index is 0.0692. The van der Waals surface area contributed by atoms with Crippen LogP contribution in [-0.2, 0) is 24.3 Å². The van der Waals surface area contributed by atoms with E-state index in [-0.39, 0.29) is 26.0 Å². The molecule has 0 aliphatic heterocycles. The molecule has 1 heterocycles. The summed E-state index contributed by atoms with van der Waals surface area (Å²) in [6.45, 7) is 2.81. The van der Waals surface area contributed by atoms with Crippen molar-refractivity contribution in [3.05, 3.63) is 44.8 Å². The van der Waals surface area contributed by atoms with Crippen molar-refractivity contribution in [3.63, 3.8) is 0 Å². The first-order valence-electron chi connectivity index (χ1n) is 7.93. The number of nitrogens with one attached hydrogen (secondary N) is 1. The zero-order valence-corrected chi connectivity index (χ0v) is 18.0. The summed E-state index contributed by atoms with van der Waals surface area (Å²) in [6, 6.07) is 3.27. The molecular formula is C17H17ClN2O7S2. The molecule has 0 fully saturated rings. The Labute approximate surface area is 175 Å². The Morgan fingerprint density at radius 2 is 1.86 bits per heavy atom. The molecule has 0 bridgehead atoms. The number of hydrogen-bond acceptors (Lipinski definition) is 8. The molecule has 156 valence electrons. The lowest BCUT2D eigenvalue weighted by Gasteiger charge is -2.09. The van der Waals surface area contributed by atoms with E-state index in [1.54, 1.807) is 13.8 Å². The molecule has 1 aromatic carbocycles. The second-order valence-electron chi connectivity index (χ2n) is 5.79. The van der Waals surface area contributed by atoms with Gasteiger partial charge in [0.1, 0.15) is 5.00 Å². The number of esters is 2. The highest BCUT2D eigenvalue weighted by molar-refractivity contribution is 7.89. The molecule has 2 rings (SSSR count). The predicted molar refractivity (Wildman–Crippen MR) is 107 cm³/mol. The molecule has 9 nitrogen and oxygen atoms in total. The Morgan fingerprint density at radius 1 is 1.21 bits per heavy atom. The molecule has 1 amide bonds. The summed E-state index contributed by atoms with van der Waals surface area (Å²) in [5.41, 5.74) is 0.628. The Kier molecular flexibility index (Phi) is 7.01. The molecule has 3 N–H and O–H groups in total. The fourth-order valence-corrected chi connectivity index (χ4v) is 4.07. The van der Waals surface area contributed by atoms with E-state index in [9.17, 15) is 22.8 Å². The van der Waals surface area contributed by atoms with Gasteiger partial charge in [0.15, 0.2) is 6.61 Å². The summed E-state index contributed by atoms with van der Waals surface area (Å²) >= 11 is 7.07. The number of ether oxygens (including phenoxy) is 2. The summed E-state index contributed by atoms with van der Waals surface area (Å²) in [7, 11) is -2.83. The number of sulfonamides is 1. The Bertz CT molecular complexity index is 1090. The highest BCUT2D eigenvalue weighted by Crippen LogP contribution is 2.32. The molecule has 0 radical (unpaired) electrons. The largest absolute Gasteiger partial charge is 0.465 e. The van der Waals surface area contributed by atoms with Gasteiger partial charge in [0, 0.05) is 4.88 Å². The zero-order valence-electron chi connectivity index (χ0n) is 15.6. The average Bonchev–Trinajstić information content (AvgIpc) is 2.92. The first-order chi connectivity index (χ1) is 13.5. The van der Waals surface area contributed by atoms with Crippen LogP contribution in [0.25, 0.3) is 0 Å². The van der Waals surface area contributed by atoms with Gasteiger partial charge < -0.3 is 14.8 Å². The number of thiophene rings is 1. The number of halogens is 1. The van der Waals surface area contributed by atoms with Gasteiger partial charge in [0.2, 0.25) is 10.0 Å². The highest BCUT2D eigenvalue weighted by Gasteiger charge is 2.23. The summed E-state index contributed by atoms with van der Waals surface area (Å²) in [6.07, 6.45) is 0. The maximum absolute atomic E-state index is 12.2. The molecule has 1 aromatic heterocycles. The van der Waals surface area contributed by atoms with Crippen molar-refractivity contribution in [2.75, 3.05) is 19.0 Å². The molecule has 0 saturated carbocycles. The molecule has 12 heteroatoms. The lowest BCUT2D eigenvalue weighted by atomic mass is 10.1. The zero-order chi connectivity index (χ0) is 21.9. The fraction of sp³-hybridized carbons (Fsp3) is 0.235. The Hall–Kier alpha value is -2.47. The van der Waals surface area contributed by atoms with Gasteiger partial charge >= 0.3 is 11.9 Å². The van der Waals surface area contributed by atoms with Gasteiger partial charge in [-0.15, -0.1) is 11.3 Å². The highest BCUT2D eigenvalue weighted by atomic mass is 35.5. The molecule has 0 spiro atoms. The molecule has 0 aliphatic rings. The fourth-order valence-electron chi connectivity index (χ4n) is 2.27. The van der Waals surface area contributed by atoms with Gasteiger partial charge in [0.25, 0.3) is 5.91 Å². The Balaban J connectivity index is 2.12. The lowest BCUT2D eigenvalue weighted by Crippen LogP contribution is -2.22. The van der Waals surface area contributed by atoms with E-state index in [2.05, 4.69) is 5.32 Å². The third kappa shape index (κ3) is 5.32. The van der Waals surface area contributed by atoms with Gasteiger partial charge in [-0.25, -0.2) is 23.1 Å². The third-order valence-corrected chi connectivity index (χ3v) is 6.21. The molecule has 29 heavy (non-hydrogen) atoms. The second-order valence-corrected chi connectivity index (χ2v) is 8.98. The van der Waals surface area contributed by atoms with E-state index >= 15 is 0 Å². The van der Waals surface area contributed by atoms with Crippen LogP contribution in [-0.4, -0.2) is 40.0 Å². The van der Waals surface area contributed by atoms with Crippen molar-refractivity contribution < 1.29 is 32.3 Å². The summed E-state index contributed by atoms with van der Waals surface area (Å²) in [5.74, 6) is -2.32. The molecule has 0 unspecified atom stereocenters. The van der Waals surface area contributed by atoms with Crippen LogP contribution in [0.1, 0.15) is 31.2 Å².